The highest BCUT2D eigenvalue weighted by Gasteiger charge is 2.30. The van der Waals surface area contributed by atoms with Crippen LogP contribution in [0.1, 0.15) is 35.6 Å². The zero-order chi connectivity index (χ0) is 31.6. The van der Waals surface area contributed by atoms with E-state index in [9.17, 15) is 18.0 Å². The molecule has 0 aromatic heterocycles. The molecule has 45 heavy (non-hydrogen) atoms. The van der Waals surface area contributed by atoms with Crippen LogP contribution in [0.3, 0.4) is 0 Å². The van der Waals surface area contributed by atoms with Crippen LogP contribution in [-0.4, -0.2) is 44.5 Å². The molecule has 1 atom stereocenters. The Balaban J connectivity index is 1.36. The number of benzene rings is 4. The van der Waals surface area contributed by atoms with E-state index in [2.05, 4.69) is 10.0 Å². The molecule has 234 valence electrons. The third-order valence-electron chi connectivity index (χ3n) is 7.57. The van der Waals surface area contributed by atoms with Gasteiger partial charge in [0.2, 0.25) is 28.6 Å². The van der Waals surface area contributed by atoms with E-state index in [1.165, 1.54) is 0 Å². The second-order valence-corrected chi connectivity index (χ2v) is 12.5. The average molecular weight is 628 g/mol. The maximum absolute atomic E-state index is 14.0. The van der Waals surface area contributed by atoms with Crippen molar-refractivity contribution in [2.24, 2.45) is 0 Å². The number of ether oxygens (including phenoxy) is 2. The molecule has 1 heterocycles. The third kappa shape index (κ3) is 8.49. The van der Waals surface area contributed by atoms with Gasteiger partial charge in [-0.25, -0.2) is 13.1 Å². The molecule has 4 aromatic carbocycles. The fraction of sp³-hybridized carbons (Fsp3) is 0.257. The van der Waals surface area contributed by atoms with Crippen LogP contribution in [0.25, 0.3) is 0 Å². The first-order valence-electron chi connectivity index (χ1n) is 14.9. The Morgan fingerprint density at radius 3 is 2.13 bits per heavy atom. The topological polar surface area (TPSA) is 114 Å². The fourth-order valence-electron chi connectivity index (χ4n) is 5.20. The molecule has 2 amide bonds. The molecular formula is C35H37N3O6S. The highest BCUT2D eigenvalue weighted by molar-refractivity contribution is 7.89. The van der Waals surface area contributed by atoms with Gasteiger partial charge < -0.3 is 19.7 Å². The van der Waals surface area contributed by atoms with E-state index in [0.717, 1.165) is 22.3 Å². The molecule has 0 saturated carbocycles. The number of aryl methyl sites for hydroxylation is 1. The van der Waals surface area contributed by atoms with Crippen LogP contribution < -0.4 is 19.5 Å². The van der Waals surface area contributed by atoms with Gasteiger partial charge in [-0.2, -0.15) is 0 Å². The summed E-state index contributed by atoms with van der Waals surface area (Å²) in [5.41, 5.74) is 3.52. The summed E-state index contributed by atoms with van der Waals surface area (Å²) in [5, 5.41) is 3.04. The fourth-order valence-corrected chi connectivity index (χ4v) is 6.24. The van der Waals surface area contributed by atoms with Gasteiger partial charge in [-0.1, -0.05) is 85.8 Å². The van der Waals surface area contributed by atoms with Crippen molar-refractivity contribution >= 4 is 21.8 Å². The van der Waals surface area contributed by atoms with Crippen molar-refractivity contribution in [3.8, 4) is 11.5 Å². The summed E-state index contributed by atoms with van der Waals surface area (Å²) in [4.78, 5) is 29.7. The van der Waals surface area contributed by atoms with Crippen LogP contribution in [-0.2, 0) is 45.5 Å². The molecule has 1 unspecified atom stereocenters. The molecule has 5 rings (SSSR count). The summed E-state index contributed by atoms with van der Waals surface area (Å²) in [5.74, 6) is 0.859. The van der Waals surface area contributed by atoms with Gasteiger partial charge >= 0.3 is 0 Å². The lowest BCUT2D eigenvalue weighted by molar-refractivity contribution is -0.141. The minimum atomic E-state index is -3.57. The number of carbonyl (C=O) groups excluding carboxylic acids is 2. The molecular weight excluding hydrogens is 590 g/mol. The molecule has 0 saturated heterocycles. The molecule has 0 aliphatic carbocycles. The SMILES string of the molecule is CCNS(=O)(=O)c1ccc(CCC(=O)N(Cc2ccccc2)C(Cc2ccccc2)C(=O)NCc2ccc3c(c2)OCO3)cc1. The van der Waals surface area contributed by atoms with Crippen LogP contribution in [0.5, 0.6) is 11.5 Å². The monoisotopic (exact) mass is 627 g/mol. The van der Waals surface area contributed by atoms with Gasteiger partial charge in [0.05, 0.1) is 4.90 Å². The molecule has 0 fully saturated rings. The number of carbonyl (C=O) groups is 2. The van der Waals surface area contributed by atoms with Crippen molar-refractivity contribution in [3.05, 3.63) is 125 Å². The zero-order valence-electron chi connectivity index (χ0n) is 25.1. The summed E-state index contributed by atoms with van der Waals surface area (Å²) < 4.78 is 38.0. The second kappa shape index (κ2) is 14.9. The number of sulfonamides is 1. The van der Waals surface area contributed by atoms with E-state index in [-0.39, 0.29) is 43.0 Å². The predicted molar refractivity (Wildman–Crippen MR) is 171 cm³/mol. The van der Waals surface area contributed by atoms with E-state index in [1.54, 1.807) is 36.1 Å². The second-order valence-electron chi connectivity index (χ2n) is 10.8. The Kier molecular flexibility index (Phi) is 10.5. The van der Waals surface area contributed by atoms with Gasteiger partial charge in [0, 0.05) is 32.5 Å². The number of amides is 2. The minimum absolute atomic E-state index is 0.146. The minimum Gasteiger partial charge on any atom is -0.454 e. The first-order chi connectivity index (χ1) is 21.8. The number of hydrogen-bond donors (Lipinski definition) is 2. The Morgan fingerprint density at radius 1 is 0.800 bits per heavy atom. The van der Waals surface area contributed by atoms with Crippen LogP contribution in [0.15, 0.2) is 108 Å². The first-order valence-corrected chi connectivity index (χ1v) is 16.4. The highest BCUT2D eigenvalue weighted by Crippen LogP contribution is 2.32. The van der Waals surface area contributed by atoms with Gasteiger partial charge in [0.15, 0.2) is 11.5 Å². The zero-order valence-corrected chi connectivity index (χ0v) is 26.0. The normalized spacial score (nSPS) is 12.8. The Bertz CT molecular complexity index is 1700. The molecule has 1 aliphatic heterocycles. The van der Waals surface area contributed by atoms with Crippen molar-refractivity contribution in [3.63, 3.8) is 0 Å². The molecule has 10 heteroatoms. The van der Waals surface area contributed by atoms with E-state index >= 15 is 0 Å². The summed E-state index contributed by atoms with van der Waals surface area (Å²) in [6, 6.07) is 30.5. The molecule has 1 aliphatic rings. The van der Waals surface area contributed by atoms with Gasteiger partial charge in [0.1, 0.15) is 6.04 Å². The largest absolute Gasteiger partial charge is 0.454 e. The number of rotatable bonds is 14. The summed E-state index contributed by atoms with van der Waals surface area (Å²) in [7, 11) is -3.57. The molecule has 2 N–H and O–H groups in total. The lowest BCUT2D eigenvalue weighted by Crippen LogP contribution is -2.50. The van der Waals surface area contributed by atoms with Crippen molar-refractivity contribution in [1.82, 2.24) is 14.9 Å². The smallest absolute Gasteiger partial charge is 0.243 e. The van der Waals surface area contributed by atoms with E-state index in [4.69, 9.17) is 9.47 Å². The number of nitrogens with one attached hydrogen (secondary N) is 2. The summed E-state index contributed by atoms with van der Waals surface area (Å²) in [6.07, 6.45) is 0.874. The van der Waals surface area contributed by atoms with E-state index < -0.39 is 16.1 Å². The number of fused-ring (bicyclic) bond motifs is 1. The lowest BCUT2D eigenvalue weighted by Gasteiger charge is -2.31. The standard InChI is InChI=1S/C35H37N3O6S/c1-2-37-45(41,42)30-17-13-26(14-18-30)16-20-34(39)38(24-28-11-7-4-8-12-28)31(21-27-9-5-3-6-10-27)35(40)36-23-29-15-19-32-33(22-29)44-25-43-32/h3-15,17-19,22,31,37H,2,16,20-21,23-25H2,1H3,(H,36,40). The van der Waals surface area contributed by atoms with Crippen LogP contribution in [0.4, 0.5) is 0 Å². The Morgan fingerprint density at radius 2 is 1.44 bits per heavy atom. The van der Waals surface area contributed by atoms with Gasteiger partial charge in [-0.15, -0.1) is 0 Å². The molecule has 0 radical (unpaired) electrons. The van der Waals surface area contributed by atoms with Gasteiger partial charge in [-0.3, -0.25) is 9.59 Å². The van der Waals surface area contributed by atoms with Gasteiger partial charge in [-0.05, 0) is 52.9 Å². The maximum atomic E-state index is 14.0. The van der Waals surface area contributed by atoms with Crippen LogP contribution in [0, 0.1) is 0 Å². The quantitative estimate of drug-likeness (QED) is 0.211. The number of hydrogen-bond acceptors (Lipinski definition) is 6. The average Bonchev–Trinajstić information content (AvgIpc) is 3.53. The van der Waals surface area contributed by atoms with Crippen molar-refractivity contribution in [2.75, 3.05) is 13.3 Å². The molecule has 4 aromatic rings. The maximum Gasteiger partial charge on any atom is 0.243 e. The molecule has 9 nitrogen and oxygen atoms in total. The van der Waals surface area contributed by atoms with Crippen molar-refractivity contribution < 1.29 is 27.5 Å². The molecule has 0 bridgehead atoms. The highest BCUT2D eigenvalue weighted by atomic mass is 32.2. The Labute approximate surface area is 264 Å². The van der Waals surface area contributed by atoms with E-state index in [1.807, 2.05) is 78.9 Å². The first kappa shape index (κ1) is 31.7. The van der Waals surface area contributed by atoms with Crippen molar-refractivity contribution in [1.29, 1.82) is 0 Å². The third-order valence-corrected chi connectivity index (χ3v) is 9.13. The number of nitrogens with zero attached hydrogens (tertiary/aromatic N) is 1. The lowest BCUT2D eigenvalue weighted by atomic mass is 10.0. The van der Waals surface area contributed by atoms with Crippen LogP contribution in [0.2, 0.25) is 0 Å². The summed E-state index contributed by atoms with van der Waals surface area (Å²) in [6.45, 7) is 2.70. The Hall–Kier alpha value is -4.67. The molecule has 0 spiro atoms. The predicted octanol–water partition coefficient (Wildman–Crippen LogP) is 4.60. The summed E-state index contributed by atoms with van der Waals surface area (Å²) >= 11 is 0. The van der Waals surface area contributed by atoms with Crippen LogP contribution >= 0.6 is 0 Å². The van der Waals surface area contributed by atoms with E-state index in [0.29, 0.717) is 30.9 Å². The van der Waals surface area contributed by atoms with Gasteiger partial charge in [0.25, 0.3) is 0 Å². The van der Waals surface area contributed by atoms with Crippen molar-refractivity contribution in [2.45, 2.75) is 50.2 Å².